The third-order valence-electron chi connectivity index (χ3n) is 1.87. The van der Waals surface area contributed by atoms with Crippen LogP contribution >= 0.6 is 0 Å². The van der Waals surface area contributed by atoms with Gasteiger partial charge in [-0.1, -0.05) is 13.8 Å². The molecule has 1 amide bonds. The molecule has 66 valence electrons. The van der Waals surface area contributed by atoms with E-state index in [1.807, 2.05) is 13.8 Å². The van der Waals surface area contributed by atoms with Crippen LogP contribution in [0, 0.1) is 5.92 Å². The Hall–Kier alpha value is -0.610. The Kier molecular flexibility index (Phi) is 3.48. The molecule has 0 saturated carbocycles. The van der Waals surface area contributed by atoms with Gasteiger partial charge in [0.2, 0.25) is 5.91 Å². The fraction of sp³-hybridized carbons (Fsp3) is 0.857. The lowest BCUT2D eigenvalue weighted by molar-refractivity contribution is -0.126. The average Bonchev–Trinajstić information content (AvgIpc) is 1.87. The van der Waals surface area contributed by atoms with Gasteiger partial charge >= 0.3 is 0 Å². The molecule has 0 bridgehead atoms. The van der Waals surface area contributed by atoms with Crippen molar-refractivity contribution in [3.63, 3.8) is 0 Å². The monoisotopic (exact) mass is 160 g/mol. The van der Waals surface area contributed by atoms with Gasteiger partial charge in [0, 0.05) is 7.11 Å². The highest BCUT2D eigenvalue weighted by molar-refractivity contribution is 5.84. The zero-order valence-corrected chi connectivity index (χ0v) is 7.26. The topological polar surface area (TPSA) is 78.3 Å². The summed E-state index contributed by atoms with van der Waals surface area (Å²) in [6, 6.07) is 0. The molecule has 4 heteroatoms. The second kappa shape index (κ2) is 3.69. The van der Waals surface area contributed by atoms with Gasteiger partial charge in [0.1, 0.15) is 5.54 Å². The summed E-state index contributed by atoms with van der Waals surface area (Å²) in [5.41, 5.74) is 9.78. The van der Waals surface area contributed by atoms with Crippen LogP contribution in [-0.2, 0) is 9.53 Å². The average molecular weight is 160 g/mol. The quantitative estimate of drug-likeness (QED) is 0.580. The molecule has 1 atom stereocenters. The highest BCUT2D eigenvalue weighted by Gasteiger charge is 2.35. The third kappa shape index (κ3) is 2.17. The van der Waals surface area contributed by atoms with Crippen LogP contribution in [0.2, 0.25) is 0 Å². The van der Waals surface area contributed by atoms with Crippen molar-refractivity contribution in [3.8, 4) is 0 Å². The van der Waals surface area contributed by atoms with Gasteiger partial charge in [-0.25, -0.2) is 0 Å². The van der Waals surface area contributed by atoms with Crippen LogP contribution in [-0.4, -0.2) is 25.2 Å². The molecule has 11 heavy (non-hydrogen) atoms. The van der Waals surface area contributed by atoms with Crippen molar-refractivity contribution in [1.82, 2.24) is 0 Å². The maximum Gasteiger partial charge on any atom is 0.240 e. The minimum absolute atomic E-state index is 0.0139. The minimum atomic E-state index is -1.03. The lowest BCUT2D eigenvalue weighted by Gasteiger charge is -2.28. The van der Waals surface area contributed by atoms with Crippen molar-refractivity contribution in [1.29, 1.82) is 0 Å². The van der Waals surface area contributed by atoms with Crippen molar-refractivity contribution in [2.75, 3.05) is 13.7 Å². The van der Waals surface area contributed by atoms with E-state index in [0.29, 0.717) is 0 Å². The summed E-state index contributed by atoms with van der Waals surface area (Å²) in [5, 5.41) is 0. The van der Waals surface area contributed by atoms with Crippen molar-refractivity contribution in [2.24, 2.45) is 17.4 Å². The molecular weight excluding hydrogens is 144 g/mol. The number of hydrogen-bond donors (Lipinski definition) is 2. The number of ether oxygens (including phenoxy) is 1. The predicted molar refractivity (Wildman–Crippen MR) is 42.8 cm³/mol. The first-order valence-electron chi connectivity index (χ1n) is 3.53. The summed E-state index contributed by atoms with van der Waals surface area (Å²) in [4.78, 5) is 10.9. The van der Waals surface area contributed by atoms with Crippen molar-refractivity contribution >= 4 is 5.91 Å². The number of hydrogen-bond acceptors (Lipinski definition) is 3. The maximum absolute atomic E-state index is 10.9. The normalized spacial score (nSPS) is 16.5. The van der Waals surface area contributed by atoms with Gasteiger partial charge in [0.25, 0.3) is 0 Å². The van der Waals surface area contributed by atoms with Gasteiger partial charge in [-0.3, -0.25) is 4.79 Å². The number of primary amides is 1. The molecule has 0 aliphatic rings. The molecule has 0 spiro atoms. The number of methoxy groups -OCH3 is 1. The van der Waals surface area contributed by atoms with E-state index in [-0.39, 0.29) is 12.5 Å². The molecule has 0 saturated heterocycles. The van der Waals surface area contributed by atoms with Crippen molar-refractivity contribution < 1.29 is 9.53 Å². The van der Waals surface area contributed by atoms with Crippen LogP contribution in [0.1, 0.15) is 13.8 Å². The van der Waals surface area contributed by atoms with Crippen molar-refractivity contribution in [2.45, 2.75) is 19.4 Å². The predicted octanol–water partition coefficient (Wildman–Crippen LogP) is -0.528. The fourth-order valence-electron chi connectivity index (χ4n) is 0.761. The standard InChI is InChI=1S/C7H16N2O2/c1-5(2)7(9,4-11-3)6(8)10/h5H,4,9H2,1-3H3,(H2,8,10). The van der Waals surface area contributed by atoms with Crippen LogP contribution in [0.25, 0.3) is 0 Å². The summed E-state index contributed by atoms with van der Waals surface area (Å²) in [6.45, 7) is 3.84. The van der Waals surface area contributed by atoms with E-state index >= 15 is 0 Å². The van der Waals surface area contributed by atoms with Crippen LogP contribution in [0.3, 0.4) is 0 Å². The zero-order chi connectivity index (χ0) is 9.07. The molecule has 1 unspecified atom stereocenters. The van der Waals surface area contributed by atoms with Gasteiger partial charge in [-0.05, 0) is 5.92 Å². The van der Waals surface area contributed by atoms with Gasteiger partial charge < -0.3 is 16.2 Å². The van der Waals surface area contributed by atoms with Gasteiger partial charge in [0.15, 0.2) is 0 Å². The second-order valence-electron chi connectivity index (χ2n) is 2.99. The summed E-state index contributed by atoms with van der Waals surface area (Å²) in [6.07, 6.45) is 0. The van der Waals surface area contributed by atoms with E-state index in [0.717, 1.165) is 0 Å². The Bertz CT molecular complexity index is 147. The number of nitrogens with two attached hydrogens (primary N) is 2. The molecule has 0 rings (SSSR count). The van der Waals surface area contributed by atoms with Crippen LogP contribution in [0.15, 0.2) is 0 Å². The molecule has 0 aromatic carbocycles. The summed E-state index contributed by atoms with van der Waals surface area (Å²) < 4.78 is 4.80. The van der Waals surface area contributed by atoms with Gasteiger partial charge in [-0.15, -0.1) is 0 Å². The Balaban J connectivity index is 4.38. The van der Waals surface area contributed by atoms with Crippen molar-refractivity contribution in [3.05, 3.63) is 0 Å². The van der Waals surface area contributed by atoms with E-state index in [4.69, 9.17) is 16.2 Å². The summed E-state index contributed by atoms with van der Waals surface area (Å²) in [7, 11) is 1.49. The minimum Gasteiger partial charge on any atom is -0.382 e. The molecule has 0 fully saturated rings. The molecule has 0 aromatic heterocycles. The molecule has 0 aliphatic heterocycles. The summed E-state index contributed by atoms with van der Waals surface area (Å²) >= 11 is 0. The molecule has 4 N–H and O–H groups in total. The molecule has 0 heterocycles. The maximum atomic E-state index is 10.9. The Morgan fingerprint density at radius 2 is 2.09 bits per heavy atom. The number of rotatable bonds is 4. The Morgan fingerprint density at radius 3 is 2.18 bits per heavy atom. The zero-order valence-electron chi connectivity index (χ0n) is 7.26. The first kappa shape index (κ1) is 10.4. The Morgan fingerprint density at radius 1 is 1.64 bits per heavy atom. The molecule has 0 aliphatic carbocycles. The summed E-state index contributed by atoms with van der Waals surface area (Å²) in [5.74, 6) is -0.533. The van der Waals surface area contributed by atoms with E-state index in [9.17, 15) is 4.79 Å². The molecular formula is C7H16N2O2. The van der Waals surface area contributed by atoms with E-state index in [2.05, 4.69) is 0 Å². The SMILES string of the molecule is COCC(N)(C(N)=O)C(C)C. The highest BCUT2D eigenvalue weighted by atomic mass is 16.5. The fourth-order valence-corrected chi connectivity index (χ4v) is 0.761. The second-order valence-corrected chi connectivity index (χ2v) is 2.99. The van der Waals surface area contributed by atoms with E-state index in [1.165, 1.54) is 7.11 Å². The highest BCUT2D eigenvalue weighted by Crippen LogP contribution is 2.13. The van der Waals surface area contributed by atoms with Gasteiger partial charge in [0.05, 0.1) is 6.61 Å². The Labute approximate surface area is 66.9 Å². The lowest BCUT2D eigenvalue weighted by Crippen LogP contribution is -2.59. The lowest BCUT2D eigenvalue weighted by atomic mass is 9.88. The van der Waals surface area contributed by atoms with Gasteiger partial charge in [-0.2, -0.15) is 0 Å². The van der Waals surface area contributed by atoms with Crippen LogP contribution in [0.5, 0.6) is 0 Å². The van der Waals surface area contributed by atoms with Crippen LogP contribution < -0.4 is 11.5 Å². The first-order valence-corrected chi connectivity index (χ1v) is 3.53. The first-order chi connectivity index (χ1) is 4.95. The number of carbonyl (C=O) groups excluding carboxylic acids is 1. The third-order valence-corrected chi connectivity index (χ3v) is 1.87. The largest absolute Gasteiger partial charge is 0.382 e. The van der Waals surface area contributed by atoms with Crippen LogP contribution in [0.4, 0.5) is 0 Å². The molecule has 0 aromatic rings. The smallest absolute Gasteiger partial charge is 0.240 e. The molecule has 0 radical (unpaired) electrons. The number of amides is 1. The van der Waals surface area contributed by atoms with E-state index < -0.39 is 11.4 Å². The molecule has 4 nitrogen and oxygen atoms in total. The number of carbonyl (C=O) groups is 1. The van der Waals surface area contributed by atoms with E-state index in [1.54, 1.807) is 0 Å².